The molecule has 1 atom stereocenters. The van der Waals surface area contributed by atoms with Gasteiger partial charge in [-0.25, -0.2) is 4.79 Å². The van der Waals surface area contributed by atoms with Crippen LogP contribution >= 0.6 is 23.1 Å². The minimum atomic E-state index is -0.393. The quantitative estimate of drug-likeness (QED) is 0.344. The zero-order valence-corrected chi connectivity index (χ0v) is 22.4. The van der Waals surface area contributed by atoms with Gasteiger partial charge in [-0.2, -0.15) is 0 Å². The summed E-state index contributed by atoms with van der Waals surface area (Å²) in [5.74, 6) is 0.921. The second-order valence-corrected chi connectivity index (χ2v) is 10.9. The number of hydrogen-bond donors (Lipinski definition) is 1. The summed E-state index contributed by atoms with van der Waals surface area (Å²) in [6.07, 6.45) is 2.79. The summed E-state index contributed by atoms with van der Waals surface area (Å²) in [7, 11) is 5.38. The summed E-state index contributed by atoms with van der Waals surface area (Å²) in [5.41, 5.74) is 3.59. The zero-order valence-electron chi connectivity index (χ0n) is 20.8. The Balaban J connectivity index is 1.49. The molecule has 0 spiro atoms. The van der Waals surface area contributed by atoms with Gasteiger partial charge in [0.15, 0.2) is 11.0 Å². The molecule has 0 bridgehead atoms. The van der Waals surface area contributed by atoms with Crippen LogP contribution in [-0.2, 0) is 28.9 Å². The fourth-order valence-corrected chi connectivity index (χ4v) is 6.48. The van der Waals surface area contributed by atoms with Crippen molar-refractivity contribution < 1.29 is 14.3 Å². The Morgan fingerprint density at radius 3 is 2.83 bits per heavy atom. The summed E-state index contributed by atoms with van der Waals surface area (Å²) in [5, 5.41) is 13.0. The second-order valence-electron chi connectivity index (χ2n) is 8.88. The number of thiophene rings is 1. The number of thioether (sulfide) groups is 1. The van der Waals surface area contributed by atoms with Crippen molar-refractivity contribution in [3.8, 4) is 11.4 Å². The lowest BCUT2D eigenvalue weighted by molar-refractivity contribution is -0.113. The van der Waals surface area contributed by atoms with Crippen molar-refractivity contribution in [2.45, 2.75) is 44.8 Å². The summed E-state index contributed by atoms with van der Waals surface area (Å²) >= 11 is 2.83. The third-order valence-corrected chi connectivity index (χ3v) is 8.28. The lowest BCUT2D eigenvalue weighted by Gasteiger charge is -2.18. The monoisotopic (exact) mass is 513 g/mol. The van der Waals surface area contributed by atoms with Crippen molar-refractivity contribution in [3.63, 3.8) is 0 Å². The summed E-state index contributed by atoms with van der Waals surface area (Å²) in [4.78, 5) is 28.6. The Hall–Kier alpha value is -2.85. The molecule has 1 aliphatic rings. The fraction of sp³-hybridized carbons (Fsp3) is 0.440. The molecule has 1 aliphatic carbocycles. The summed E-state index contributed by atoms with van der Waals surface area (Å²) in [6, 6.07) is 8.13. The third kappa shape index (κ3) is 5.38. The van der Waals surface area contributed by atoms with E-state index >= 15 is 0 Å². The first-order chi connectivity index (χ1) is 16.8. The Morgan fingerprint density at radius 2 is 2.11 bits per heavy atom. The highest BCUT2D eigenvalue weighted by atomic mass is 32.2. The molecule has 2 aromatic heterocycles. The number of benzene rings is 1. The fourth-order valence-electron chi connectivity index (χ4n) is 4.27. The number of nitrogens with one attached hydrogen (secondary N) is 1. The summed E-state index contributed by atoms with van der Waals surface area (Å²) in [6.45, 7) is 4.93. The largest absolute Gasteiger partial charge is 0.465 e. The molecule has 1 unspecified atom stereocenters. The van der Waals surface area contributed by atoms with Crippen LogP contribution in [0.5, 0.6) is 0 Å². The molecular formula is C25H31N5O3S2. The molecule has 0 radical (unpaired) electrons. The van der Waals surface area contributed by atoms with E-state index in [1.807, 2.05) is 48.7 Å². The van der Waals surface area contributed by atoms with Gasteiger partial charge in [-0.15, -0.1) is 21.5 Å². The Labute approximate surface area is 214 Å². The minimum absolute atomic E-state index is 0.162. The van der Waals surface area contributed by atoms with Gasteiger partial charge in [0, 0.05) is 36.8 Å². The van der Waals surface area contributed by atoms with Crippen molar-refractivity contribution in [2.24, 2.45) is 5.92 Å². The van der Waals surface area contributed by atoms with Gasteiger partial charge >= 0.3 is 5.97 Å². The van der Waals surface area contributed by atoms with Crippen molar-refractivity contribution >= 4 is 45.7 Å². The first kappa shape index (κ1) is 25.2. The Kier molecular flexibility index (Phi) is 7.81. The van der Waals surface area contributed by atoms with Crippen molar-refractivity contribution in [2.75, 3.05) is 37.2 Å². The SMILES string of the molecule is CCn1c(SCC(=O)Nc2sc3c(c2C(=O)OC)CCC(C)C3)nnc1-c1cccc(N(C)C)c1. The van der Waals surface area contributed by atoms with Crippen LogP contribution in [0, 0.1) is 5.92 Å². The number of hydrogen-bond acceptors (Lipinski definition) is 8. The van der Waals surface area contributed by atoms with Crippen LogP contribution in [0.15, 0.2) is 29.4 Å². The van der Waals surface area contributed by atoms with E-state index in [9.17, 15) is 9.59 Å². The highest BCUT2D eigenvalue weighted by molar-refractivity contribution is 7.99. The standard InChI is InChI=1S/C25H31N5O3S2/c1-6-30-22(16-8-7-9-17(13-16)29(3)4)27-28-25(30)34-14-20(31)26-23-21(24(32)33-5)18-11-10-15(2)12-19(18)35-23/h7-9,13,15H,6,10-12,14H2,1-5H3,(H,26,31). The normalized spacial score (nSPS) is 14.9. The van der Waals surface area contributed by atoms with Crippen LogP contribution in [0.1, 0.15) is 41.1 Å². The number of carbonyl (C=O) groups excluding carboxylic acids is 2. The van der Waals surface area contributed by atoms with Crippen molar-refractivity contribution in [1.82, 2.24) is 14.8 Å². The molecule has 0 aliphatic heterocycles. The van der Waals surface area contributed by atoms with Gasteiger partial charge in [0.05, 0.1) is 18.4 Å². The number of esters is 1. The first-order valence-corrected chi connectivity index (χ1v) is 13.5. The number of ether oxygens (including phenoxy) is 1. The van der Waals surface area contributed by atoms with Gasteiger partial charge in [0.2, 0.25) is 5.91 Å². The van der Waals surface area contributed by atoms with Crippen LogP contribution in [-0.4, -0.2) is 53.6 Å². The van der Waals surface area contributed by atoms with Crippen molar-refractivity contribution in [3.05, 3.63) is 40.3 Å². The van der Waals surface area contributed by atoms with E-state index in [1.54, 1.807) is 0 Å². The van der Waals surface area contributed by atoms with Gasteiger partial charge in [-0.3, -0.25) is 4.79 Å². The minimum Gasteiger partial charge on any atom is -0.465 e. The van der Waals surface area contributed by atoms with Gasteiger partial charge in [0.1, 0.15) is 5.00 Å². The van der Waals surface area contributed by atoms with E-state index in [-0.39, 0.29) is 11.7 Å². The van der Waals surface area contributed by atoms with E-state index in [0.717, 1.165) is 41.9 Å². The molecule has 1 aromatic carbocycles. The number of rotatable bonds is 8. The highest BCUT2D eigenvalue weighted by Gasteiger charge is 2.29. The molecule has 1 amide bonds. The van der Waals surface area contributed by atoms with Crippen LogP contribution in [0.4, 0.5) is 10.7 Å². The van der Waals surface area contributed by atoms with E-state index in [0.29, 0.717) is 28.2 Å². The highest BCUT2D eigenvalue weighted by Crippen LogP contribution is 2.40. The average Bonchev–Trinajstić information content (AvgIpc) is 3.42. The molecule has 0 saturated heterocycles. The number of nitrogens with zero attached hydrogens (tertiary/aromatic N) is 4. The predicted molar refractivity (Wildman–Crippen MR) is 142 cm³/mol. The molecule has 10 heteroatoms. The summed E-state index contributed by atoms with van der Waals surface area (Å²) < 4.78 is 7.04. The van der Waals surface area contributed by atoms with Crippen LogP contribution in [0.25, 0.3) is 11.4 Å². The molecule has 35 heavy (non-hydrogen) atoms. The van der Waals surface area contributed by atoms with Gasteiger partial charge in [-0.1, -0.05) is 30.8 Å². The van der Waals surface area contributed by atoms with Gasteiger partial charge in [0.25, 0.3) is 0 Å². The number of fused-ring (bicyclic) bond motifs is 1. The van der Waals surface area contributed by atoms with Gasteiger partial charge < -0.3 is 19.5 Å². The van der Waals surface area contributed by atoms with Crippen LogP contribution in [0.3, 0.4) is 0 Å². The molecular weight excluding hydrogens is 482 g/mol. The smallest absolute Gasteiger partial charge is 0.341 e. The molecule has 8 nitrogen and oxygen atoms in total. The molecule has 0 saturated carbocycles. The predicted octanol–water partition coefficient (Wildman–Crippen LogP) is 4.73. The maximum atomic E-state index is 12.9. The Bertz CT molecular complexity index is 1230. The number of amides is 1. The molecule has 3 aromatic rings. The molecule has 1 N–H and O–H groups in total. The number of methoxy groups -OCH3 is 1. The molecule has 4 rings (SSSR count). The second kappa shape index (κ2) is 10.8. The molecule has 2 heterocycles. The lowest BCUT2D eigenvalue weighted by Crippen LogP contribution is -2.17. The maximum Gasteiger partial charge on any atom is 0.341 e. The van der Waals surface area contributed by atoms with E-state index < -0.39 is 5.97 Å². The zero-order chi connectivity index (χ0) is 25.1. The lowest BCUT2D eigenvalue weighted by atomic mass is 9.88. The van der Waals surface area contributed by atoms with E-state index in [1.165, 1.54) is 35.1 Å². The van der Waals surface area contributed by atoms with E-state index in [4.69, 9.17) is 4.74 Å². The number of aromatic nitrogens is 3. The van der Waals surface area contributed by atoms with Crippen LogP contribution < -0.4 is 10.2 Å². The van der Waals surface area contributed by atoms with Crippen LogP contribution in [0.2, 0.25) is 0 Å². The van der Waals surface area contributed by atoms with Gasteiger partial charge in [-0.05, 0) is 49.8 Å². The van der Waals surface area contributed by atoms with Crippen molar-refractivity contribution in [1.29, 1.82) is 0 Å². The average molecular weight is 514 g/mol. The maximum absolute atomic E-state index is 12.9. The first-order valence-electron chi connectivity index (χ1n) is 11.7. The molecule has 186 valence electrons. The molecule has 0 fully saturated rings. The number of anilines is 2. The van der Waals surface area contributed by atoms with E-state index in [2.05, 4.69) is 28.5 Å². The number of carbonyl (C=O) groups is 2. The Morgan fingerprint density at radius 1 is 1.31 bits per heavy atom. The topological polar surface area (TPSA) is 89.3 Å². The third-order valence-electron chi connectivity index (χ3n) is 6.14.